The van der Waals surface area contributed by atoms with Crippen LogP contribution in [0.3, 0.4) is 0 Å². The summed E-state index contributed by atoms with van der Waals surface area (Å²) < 4.78 is 10.0. The molecule has 1 rings (SSSR count). The van der Waals surface area contributed by atoms with Crippen LogP contribution in [-0.4, -0.2) is 37.3 Å². The molecule has 0 heterocycles. The Labute approximate surface area is 117 Å². The maximum Gasteiger partial charge on any atom is 0.341 e. The lowest BCUT2D eigenvalue weighted by molar-refractivity contribution is -0.139. The number of ether oxygens (including phenoxy) is 2. The molecule has 0 aliphatic carbocycles. The number of carbonyl (C=O) groups excluding carboxylic acids is 1. The summed E-state index contributed by atoms with van der Waals surface area (Å²) >= 11 is 0. The summed E-state index contributed by atoms with van der Waals surface area (Å²) in [5, 5.41) is 11.3. The largest absolute Gasteiger partial charge is 0.482 e. The second-order valence-corrected chi connectivity index (χ2v) is 4.52. The summed E-state index contributed by atoms with van der Waals surface area (Å²) in [7, 11) is 1.59. The normalized spacial score (nSPS) is 11.7. The van der Waals surface area contributed by atoms with Gasteiger partial charge in [-0.3, -0.25) is 4.79 Å². The molecule has 0 aliphatic rings. The average Bonchev–Trinajstić information content (AvgIpc) is 2.36. The van der Waals surface area contributed by atoms with E-state index in [2.05, 4.69) is 5.32 Å². The minimum absolute atomic E-state index is 0.120. The van der Waals surface area contributed by atoms with Crippen LogP contribution in [0.5, 0.6) is 5.75 Å². The van der Waals surface area contributed by atoms with Gasteiger partial charge in [0.1, 0.15) is 5.75 Å². The Morgan fingerprint density at radius 2 is 2.15 bits per heavy atom. The minimum atomic E-state index is -1.05. The van der Waals surface area contributed by atoms with Gasteiger partial charge in [-0.1, -0.05) is 13.0 Å². The van der Waals surface area contributed by atoms with Crippen LogP contribution in [0.15, 0.2) is 24.3 Å². The molecule has 1 aromatic carbocycles. The highest BCUT2D eigenvalue weighted by Crippen LogP contribution is 2.18. The number of anilines is 1. The second-order valence-electron chi connectivity index (χ2n) is 4.52. The number of hydrogen-bond acceptors (Lipinski definition) is 4. The lowest BCUT2D eigenvalue weighted by Gasteiger charge is -2.11. The molecule has 20 heavy (non-hydrogen) atoms. The van der Waals surface area contributed by atoms with E-state index in [0.717, 1.165) is 0 Å². The number of rotatable bonds is 8. The van der Waals surface area contributed by atoms with E-state index in [4.69, 9.17) is 14.6 Å². The van der Waals surface area contributed by atoms with Gasteiger partial charge in [-0.2, -0.15) is 0 Å². The first-order valence-corrected chi connectivity index (χ1v) is 6.24. The van der Waals surface area contributed by atoms with Crippen molar-refractivity contribution in [2.24, 2.45) is 5.92 Å². The first-order chi connectivity index (χ1) is 9.51. The van der Waals surface area contributed by atoms with Crippen molar-refractivity contribution in [2.75, 3.05) is 25.6 Å². The molecular weight excluding hydrogens is 262 g/mol. The lowest BCUT2D eigenvalue weighted by atomic mass is 10.1. The maximum absolute atomic E-state index is 11.8. The van der Waals surface area contributed by atoms with Crippen molar-refractivity contribution in [2.45, 2.75) is 13.3 Å². The predicted molar refractivity (Wildman–Crippen MR) is 73.9 cm³/mol. The zero-order valence-corrected chi connectivity index (χ0v) is 11.6. The molecule has 0 aromatic heterocycles. The van der Waals surface area contributed by atoms with Gasteiger partial charge in [-0.05, 0) is 18.1 Å². The summed E-state index contributed by atoms with van der Waals surface area (Å²) in [5.74, 6) is -0.639. The van der Waals surface area contributed by atoms with E-state index >= 15 is 0 Å². The van der Waals surface area contributed by atoms with Crippen molar-refractivity contribution in [3.8, 4) is 5.75 Å². The van der Waals surface area contributed by atoms with E-state index in [9.17, 15) is 9.59 Å². The molecule has 0 saturated heterocycles. The minimum Gasteiger partial charge on any atom is -0.482 e. The van der Waals surface area contributed by atoms with E-state index in [1.165, 1.54) is 0 Å². The number of carboxylic acid groups (broad SMARTS) is 1. The third-order valence-corrected chi connectivity index (χ3v) is 2.47. The fourth-order valence-electron chi connectivity index (χ4n) is 1.68. The molecule has 6 heteroatoms. The molecule has 0 radical (unpaired) electrons. The molecule has 0 spiro atoms. The molecule has 1 amide bonds. The molecule has 0 bridgehead atoms. The lowest BCUT2D eigenvalue weighted by Crippen LogP contribution is -2.17. The zero-order valence-electron chi connectivity index (χ0n) is 11.6. The molecule has 0 saturated carbocycles. The molecule has 6 nitrogen and oxygen atoms in total. The van der Waals surface area contributed by atoms with E-state index in [1.807, 2.05) is 6.92 Å². The molecule has 1 unspecified atom stereocenters. The highest BCUT2D eigenvalue weighted by molar-refractivity contribution is 5.91. The quantitative estimate of drug-likeness (QED) is 0.758. The molecule has 0 fully saturated rings. The van der Waals surface area contributed by atoms with Crippen molar-refractivity contribution >= 4 is 17.6 Å². The molecule has 0 aliphatic heterocycles. The number of nitrogens with one attached hydrogen (secondary N) is 1. The Hall–Kier alpha value is -2.08. The van der Waals surface area contributed by atoms with E-state index < -0.39 is 12.6 Å². The Kier molecular flexibility index (Phi) is 6.52. The number of carboxylic acids is 1. The van der Waals surface area contributed by atoms with Crippen LogP contribution >= 0.6 is 0 Å². The second kappa shape index (κ2) is 8.16. The van der Waals surface area contributed by atoms with E-state index in [0.29, 0.717) is 24.5 Å². The van der Waals surface area contributed by atoms with Crippen molar-refractivity contribution in [1.29, 1.82) is 0 Å². The van der Waals surface area contributed by atoms with Gasteiger partial charge in [0, 0.05) is 31.9 Å². The first kappa shape index (κ1) is 16.0. The standard InChI is InChI=1S/C14H19NO5/c1-10(8-19-2)6-13(16)15-11-4-3-5-12(7-11)20-9-14(17)18/h3-5,7,10H,6,8-9H2,1-2H3,(H,15,16)(H,17,18). The van der Waals surface area contributed by atoms with Gasteiger partial charge in [-0.25, -0.2) is 4.79 Å². The molecule has 110 valence electrons. The number of amides is 1. The van der Waals surface area contributed by atoms with Crippen LogP contribution in [0.25, 0.3) is 0 Å². The van der Waals surface area contributed by atoms with E-state index in [-0.39, 0.29) is 11.8 Å². The third-order valence-electron chi connectivity index (χ3n) is 2.47. The van der Waals surface area contributed by atoms with Gasteiger partial charge in [0.15, 0.2) is 6.61 Å². The summed E-state index contributed by atoms with van der Waals surface area (Å²) in [6.45, 7) is 2.03. The van der Waals surface area contributed by atoms with Gasteiger partial charge >= 0.3 is 5.97 Å². The Morgan fingerprint density at radius 1 is 1.40 bits per heavy atom. The van der Waals surface area contributed by atoms with E-state index in [1.54, 1.807) is 31.4 Å². The van der Waals surface area contributed by atoms with Gasteiger partial charge in [0.2, 0.25) is 5.91 Å². The molecule has 2 N–H and O–H groups in total. The van der Waals surface area contributed by atoms with Crippen LogP contribution in [0.2, 0.25) is 0 Å². The molecular formula is C14H19NO5. The van der Waals surface area contributed by atoms with Gasteiger partial charge < -0.3 is 19.9 Å². The van der Waals surface area contributed by atoms with Crippen LogP contribution in [0.4, 0.5) is 5.69 Å². The van der Waals surface area contributed by atoms with Crippen molar-refractivity contribution in [3.63, 3.8) is 0 Å². The highest BCUT2D eigenvalue weighted by Gasteiger charge is 2.09. The number of carbonyl (C=O) groups is 2. The maximum atomic E-state index is 11.8. The van der Waals surface area contributed by atoms with Gasteiger partial charge in [-0.15, -0.1) is 0 Å². The van der Waals surface area contributed by atoms with Crippen molar-refractivity contribution in [1.82, 2.24) is 0 Å². The van der Waals surface area contributed by atoms with Crippen LogP contribution < -0.4 is 10.1 Å². The number of methoxy groups -OCH3 is 1. The smallest absolute Gasteiger partial charge is 0.341 e. The van der Waals surface area contributed by atoms with Crippen LogP contribution in [0.1, 0.15) is 13.3 Å². The highest BCUT2D eigenvalue weighted by atomic mass is 16.5. The Morgan fingerprint density at radius 3 is 2.80 bits per heavy atom. The van der Waals surface area contributed by atoms with Gasteiger partial charge in [0.05, 0.1) is 0 Å². The predicted octanol–water partition coefficient (Wildman–Crippen LogP) is 1.76. The summed E-state index contributed by atoms with van der Waals surface area (Å²) in [5.41, 5.74) is 0.572. The van der Waals surface area contributed by atoms with Crippen LogP contribution in [0, 0.1) is 5.92 Å². The number of benzene rings is 1. The monoisotopic (exact) mass is 281 g/mol. The first-order valence-electron chi connectivity index (χ1n) is 6.24. The summed E-state index contributed by atoms with van der Waals surface area (Å²) in [6, 6.07) is 6.62. The SMILES string of the molecule is COCC(C)CC(=O)Nc1cccc(OCC(=O)O)c1. The fourth-order valence-corrected chi connectivity index (χ4v) is 1.68. The van der Waals surface area contributed by atoms with Gasteiger partial charge in [0.25, 0.3) is 0 Å². The third kappa shape index (κ3) is 6.19. The molecule has 1 atom stereocenters. The number of hydrogen-bond donors (Lipinski definition) is 2. The Balaban J connectivity index is 2.52. The summed E-state index contributed by atoms with van der Waals surface area (Å²) in [4.78, 5) is 22.2. The van der Waals surface area contributed by atoms with Crippen molar-refractivity contribution < 1.29 is 24.2 Å². The topological polar surface area (TPSA) is 84.9 Å². The zero-order chi connectivity index (χ0) is 15.0. The number of aliphatic carboxylic acids is 1. The average molecular weight is 281 g/mol. The Bertz CT molecular complexity index is 461. The fraction of sp³-hybridized carbons (Fsp3) is 0.429. The van der Waals surface area contributed by atoms with Crippen LogP contribution in [-0.2, 0) is 14.3 Å². The summed E-state index contributed by atoms with van der Waals surface area (Å²) in [6.07, 6.45) is 0.355. The van der Waals surface area contributed by atoms with Crippen molar-refractivity contribution in [3.05, 3.63) is 24.3 Å². The molecule has 1 aromatic rings.